The van der Waals surface area contributed by atoms with Crippen molar-refractivity contribution in [2.45, 2.75) is 36.3 Å². The van der Waals surface area contributed by atoms with Gasteiger partial charge in [0.2, 0.25) is 0 Å². The zero-order chi connectivity index (χ0) is 9.68. The molecule has 1 atom stereocenters. The molecule has 1 aromatic heterocycles. The number of aromatic nitrogens is 1. The van der Waals surface area contributed by atoms with Gasteiger partial charge >= 0.3 is 0 Å². The molecule has 4 heteroatoms. The van der Waals surface area contributed by atoms with Crippen LogP contribution in [0.3, 0.4) is 0 Å². The second kappa shape index (κ2) is 5.25. The van der Waals surface area contributed by atoms with Crippen molar-refractivity contribution >= 4 is 23.1 Å². The maximum atomic E-state index is 8.57. The van der Waals surface area contributed by atoms with Gasteiger partial charge in [-0.1, -0.05) is 18.7 Å². The van der Waals surface area contributed by atoms with Gasteiger partial charge < -0.3 is 0 Å². The first-order valence-electron chi connectivity index (χ1n) is 4.22. The summed E-state index contributed by atoms with van der Waals surface area (Å²) in [4.78, 5) is 4.35. The van der Waals surface area contributed by atoms with Gasteiger partial charge in [-0.2, -0.15) is 5.26 Å². The van der Waals surface area contributed by atoms with E-state index in [1.807, 2.05) is 12.3 Å². The molecule has 0 N–H and O–H groups in total. The third-order valence-electron chi connectivity index (χ3n) is 1.64. The van der Waals surface area contributed by atoms with Crippen molar-refractivity contribution in [3.8, 4) is 6.07 Å². The Bertz CT molecular complexity index is 301. The maximum Gasteiger partial charge on any atom is 0.150 e. The largest absolute Gasteiger partial charge is 0.235 e. The molecule has 13 heavy (non-hydrogen) atoms. The molecule has 0 spiro atoms. The summed E-state index contributed by atoms with van der Waals surface area (Å²) in [6.07, 6.45) is 1.64. The molecule has 70 valence electrons. The third-order valence-corrected chi connectivity index (χ3v) is 4.10. The number of nitrogens with zero attached hydrogens (tertiary/aromatic N) is 2. The number of nitriles is 1. The molecule has 0 radical (unpaired) electrons. The lowest BCUT2D eigenvalue weighted by molar-refractivity contribution is 0.841. The van der Waals surface area contributed by atoms with E-state index < -0.39 is 0 Å². The van der Waals surface area contributed by atoms with E-state index >= 15 is 0 Å². The topological polar surface area (TPSA) is 36.7 Å². The van der Waals surface area contributed by atoms with Crippen LogP contribution in [0, 0.1) is 18.3 Å². The van der Waals surface area contributed by atoms with Gasteiger partial charge in [-0.05, 0) is 13.3 Å². The predicted octanol–water partition coefficient (Wildman–Crippen LogP) is 3.24. The third kappa shape index (κ3) is 3.37. The second-order valence-electron chi connectivity index (χ2n) is 2.77. The van der Waals surface area contributed by atoms with E-state index in [0.29, 0.717) is 11.7 Å². The summed E-state index contributed by atoms with van der Waals surface area (Å²) in [5.74, 6) is 0. The number of rotatable bonds is 4. The van der Waals surface area contributed by atoms with Crippen molar-refractivity contribution in [1.29, 1.82) is 5.26 Å². The molecule has 1 unspecified atom stereocenters. The second-order valence-corrected chi connectivity index (χ2v) is 5.17. The van der Waals surface area contributed by atoms with Crippen molar-refractivity contribution in [3.63, 3.8) is 0 Å². The van der Waals surface area contributed by atoms with Crippen LogP contribution < -0.4 is 0 Å². The van der Waals surface area contributed by atoms with Crippen LogP contribution in [0.1, 0.15) is 25.5 Å². The zero-order valence-electron chi connectivity index (χ0n) is 7.78. The number of hydrogen-bond donors (Lipinski definition) is 0. The van der Waals surface area contributed by atoms with Gasteiger partial charge in [0.05, 0.1) is 6.07 Å². The van der Waals surface area contributed by atoms with E-state index in [1.165, 1.54) is 0 Å². The number of hydrogen-bond acceptors (Lipinski definition) is 4. The molecule has 0 saturated heterocycles. The Morgan fingerprint density at radius 1 is 1.77 bits per heavy atom. The Kier molecular flexibility index (Phi) is 4.26. The smallest absolute Gasteiger partial charge is 0.150 e. The van der Waals surface area contributed by atoms with Crippen LogP contribution >= 0.6 is 23.1 Å². The summed E-state index contributed by atoms with van der Waals surface area (Å²) in [5.41, 5.74) is 1.07. The molecule has 0 aliphatic heterocycles. The first-order chi connectivity index (χ1) is 6.26. The van der Waals surface area contributed by atoms with Crippen LogP contribution in [0.2, 0.25) is 0 Å². The molecular formula is C9H12N2S2. The van der Waals surface area contributed by atoms with Gasteiger partial charge in [-0.25, -0.2) is 4.98 Å². The van der Waals surface area contributed by atoms with E-state index in [0.717, 1.165) is 16.5 Å². The van der Waals surface area contributed by atoms with E-state index in [-0.39, 0.29) is 0 Å². The van der Waals surface area contributed by atoms with Gasteiger partial charge in [0.25, 0.3) is 0 Å². The number of thioether (sulfide) groups is 1. The number of aryl methyl sites for hydroxylation is 1. The fourth-order valence-corrected chi connectivity index (χ4v) is 3.00. The molecule has 0 aromatic carbocycles. The average molecular weight is 212 g/mol. The highest BCUT2D eigenvalue weighted by Crippen LogP contribution is 2.29. The van der Waals surface area contributed by atoms with Gasteiger partial charge in [0.15, 0.2) is 0 Å². The molecule has 0 fully saturated rings. The Hall–Kier alpha value is -0.530. The maximum absolute atomic E-state index is 8.57. The standard InChI is InChI=1S/C9H12N2S2/c1-3-8(4-5-10)13-9-11-7(2)6-12-9/h6,8H,3-4H2,1-2H3. The van der Waals surface area contributed by atoms with E-state index in [1.54, 1.807) is 23.1 Å². The van der Waals surface area contributed by atoms with Gasteiger partial charge in [0.1, 0.15) is 4.34 Å². The normalized spacial score (nSPS) is 12.4. The highest BCUT2D eigenvalue weighted by molar-refractivity contribution is 8.01. The minimum atomic E-state index is 0.399. The van der Waals surface area contributed by atoms with Crippen molar-refractivity contribution in [3.05, 3.63) is 11.1 Å². The lowest BCUT2D eigenvalue weighted by Crippen LogP contribution is -1.98. The summed E-state index contributed by atoms with van der Waals surface area (Å²) in [6, 6.07) is 2.20. The summed E-state index contributed by atoms with van der Waals surface area (Å²) in [7, 11) is 0. The van der Waals surface area contributed by atoms with Crippen LogP contribution in [0.25, 0.3) is 0 Å². The Morgan fingerprint density at radius 2 is 2.54 bits per heavy atom. The Morgan fingerprint density at radius 3 is 3.00 bits per heavy atom. The van der Waals surface area contributed by atoms with Gasteiger partial charge in [-0.15, -0.1) is 11.3 Å². The SMILES string of the molecule is CCC(CC#N)Sc1nc(C)cs1. The van der Waals surface area contributed by atoms with Crippen LogP contribution in [0.5, 0.6) is 0 Å². The molecule has 0 aliphatic carbocycles. The predicted molar refractivity (Wildman–Crippen MR) is 57.0 cm³/mol. The summed E-state index contributed by atoms with van der Waals surface area (Å²) in [6.45, 7) is 4.10. The van der Waals surface area contributed by atoms with Crippen molar-refractivity contribution in [2.75, 3.05) is 0 Å². The summed E-state index contributed by atoms with van der Waals surface area (Å²) >= 11 is 3.38. The van der Waals surface area contributed by atoms with E-state index in [9.17, 15) is 0 Å². The van der Waals surface area contributed by atoms with Crippen LogP contribution in [-0.2, 0) is 0 Å². The van der Waals surface area contributed by atoms with E-state index in [4.69, 9.17) is 5.26 Å². The lowest BCUT2D eigenvalue weighted by Gasteiger charge is -2.06. The molecule has 0 saturated carbocycles. The van der Waals surface area contributed by atoms with Crippen molar-refractivity contribution in [1.82, 2.24) is 4.98 Å². The quantitative estimate of drug-likeness (QED) is 0.719. The van der Waals surface area contributed by atoms with Gasteiger partial charge in [0, 0.05) is 22.7 Å². The van der Waals surface area contributed by atoms with E-state index in [2.05, 4.69) is 18.0 Å². The molecule has 1 rings (SSSR count). The summed E-state index contributed by atoms with van der Waals surface area (Å²) in [5, 5.41) is 11.0. The minimum Gasteiger partial charge on any atom is -0.235 e. The first kappa shape index (κ1) is 10.6. The molecular weight excluding hydrogens is 200 g/mol. The van der Waals surface area contributed by atoms with Crippen molar-refractivity contribution < 1.29 is 0 Å². The highest BCUT2D eigenvalue weighted by Gasteiger charge is 2.09. The highest BCUT2D eigenvalue weighted by atomic mass is 32.2. The summed E-state index contributed by atoms with van der Waals surface area (Å²) < 4.78 is 1.08. The molecule has 2 nitrogen and oxygen atoms in total. The monoisotopic (exact) mass is 212 g/mol. The lowest BCUT2D eigenvalue weighted by atomic mass is 10.3. The first-order valence-corrected chi connectivity index (χ1v) is 5.98. The average Bonchev–Trinajstić information content (AvgIpc) is 2.50. The zero-order valence-corrected chi connectivity index (χ0v) is 9.41. The molecule has 0 bridgehead atoms. The van der Waals surface area contributed by atoms with Crippen LogP contribution in [0.4, 0.5) is 0 Å². The number of thiazole rings is 1. The van der Waals surface area contributed by atoms with Crippen LogP contribution in [-0.4, -0.2) is 10.2 Å². The fourth-order valence-electron chi connectivity index (χ4n) is 0.900. The van der Waals surface area contributed by atoms with Gasteiger partial charge in [-0.3, -0.25) is 0 Å². The van der Waals surface area contributed by atoms with Crippen LogP contribution in [0.15, 0.2) is 9.72 Å². The Balaban J connectivity index is 2.52. The molecule has 0 aliphatic rings. The molecule has 0 amide bonds. The van der Waals surface area contributed by atoms with Crippen molar-refractivity contribution in [2.24, 2.45) is 0 Å². The fraction of sp³-hybridized carbons (Fsp3) is 0.556. The molecule has 1 heterocycles. The Labute approximate surface area is 87.0 Å². The minimum absolute atomic E-state index is 0.399. The molecule has 1 aromatic rings.